The molecule has 0 amide bonds. The first-order valence-electron chi connectivity index (χ1n) is 13.3. The van der Waals surface area contributed by atoms with Gasteiger partial charge < -0.3 is 4.74 Å². The van der Waals surface area contributed by atoms with Gasteiger partial charge in [-0.25, -0.2) is 0 Å². The molecule has 178 valence electrons. The van der Waals surface area contributed by atoms with Crippen LogP contribution in [0.1, 0.15) is 99.8 Å². The third-order valence-corrected chi connectivity index (χ3v) is 10.2. The molecule has 4 aliphatic carbocycles. The second-order valence-electron chi connectivity index (χ2n) is 12.3. The quantitative estimate of drug-likeness (QED) is 0.320. The Balaban J connectivity index is 1.53. The molecule has 4 rings (SSSR count). The van der Waals surface area contributed by atoms with Crippen molar-refractivity contribution in [3.05, 3.63) is 34.9 Å². The number of allylic oxidation sites excluding steroid dienone is 5. The Morgan fingerprint density at radius 1 is 1.09 bits per heavy atom. The fraction of sp³-hybridized carbons (Fsp3) is 0.767. The number of esters is 1. The van der Waals surface area contributed by atoms with E-state index in [0.29, 0.717) is 23.2 Å². The molecular formula is C30H46O2. The van der Waals surface area contributed by atoms with Crippen LogP contribution in [-0.2, 0) is 9.53 Å². The van der Waals surface area contributed by atoms with Gasteiger partial charge in [0, 0.05) is 18.8 Å². The van der Waals surface area contributed by atoms with Gasteiger partial charge in [0.2, 0.25) is 0 Å². The molecule has 0 heterocycles. The molecule has 2 fully saturated rings. The Morgan fingerprint density at radius 2 is 1.84 bits per heavy atom. The summed E-state index contributed by atoms with van der Waals surface area (Å²) in [5.41, 5.74) is 5.77. The highest BCUT2D eigenvalue weighted by molar-refractivity contribution is 5.66. The van der Waals surface area contributed by atoms with Crippen LogP contribution in [-0.4, -0.2) is 12.1 Å². The van der Waals surface area contributed by atoms with E-state index in [9.17, 15) is 4.79 Å². The highest BCUT2D eigenvalue weighted by Crippen LogP contribution is 2.64. The highest BCUT2D eigenvalue weighted by Gasteiger charge is 2.54. The molecule has 0 unspecified atom stereocenters. The number of hydrogen-bond acceptors (Lipinski definition) is 2. The lowest BCUT2D eigenvalue weighted by Gasteiger charge is -2.52. The summed E-state index contributed by atoms with van der Waals surface area (Å²) in [6.45, 7) is 16.1. The monoisotopic (exact) mass is 438 g/mol. The summed E-state index contributed by atoms with van der Waals surface area (Å²) in [5.74, 6) is 3.47. The van der Waals surface area contributed by atoms with Gasteiger partial charge in [0.05, 0.1) is 0 Å². The van der Waals surface area contributed by atoms with Gasteiger partial charge in [-0.2, -0.15) is 0 Å². The lowest BCUT2D eigenvalue weighted by molar-refractivity contribution is -0.147. The van der Waals surface area contributed by atoms with Crippen LogP contribution in [0.25, 0.3) is 0 Å². The molecule has 2 heteroatoms. The summed E-state index contributed by atoms with van der Waals surface area (Å²) in [6, 6.07) is 0. The summed E-state index contributed by atoms with van der Waals surface area (Å²) >= 11 is 0. The van der Waals surface area contributed by atoms with Crippen molar-refractivity contribution in [3.63, 3.8) is 0 Å². The van der Waals surface area contributed by atoms with Crippen molar-refractivity contribution in [2.45, 2.75) is 106 Å². The zero-order valence-electron chi connectivity index (χ0n) is 21.7. The molecule has 0 aromatic carbocycles. The normalized spacial score (nSPS) is 38.8. The zero-order chi connectivity index (χ0) is 23.3. The first kappa shape index (κ1) is 23.8. The molecule has 0 N–H and O–H groups in total. The van der Waals surface area contributed by atoms with Crippen LogP contribution in [0, 0.1) is 40.4 Å². The molecule has 0 aromatic rings. The Bertz CT molecular complexity index is 830. The van der Waals surface area contributed by atoms with E-state index in [0.717, 1.165) is 37.5 Å². The van der Waals surface area contributed by atoms with Crippen molar-refractivity contribution in [2.24, 2.45) is 40.4 Å². The average molecular weight is 439 g/mol. The van der Waals surface area contributed by atoms with Crippen LogP contribution in [0.5, 0.6) is 0 Å². The Morgan fingerprint density at radius 3 is 2.53 bits per heavy atom. The molecule has 0 aromatic heterocycles. The molecule has 0 radical (unpaired) electrons. The van der Waals surface area contributed by atoms with Crippen LogP contribution < -0.4 is 0 Å². The largest absolute Gasteiger partial charge is 0.462 e. The van der Waals surface area contributed by atoms with Gasteiger partial charge in [-0.15, -0.1) is 0 Å². The Labute approximate surface area is 197 Å². The molecule has 0 bridgehead atoms. The first-order valence-corrected chi connectivity index (χ1v) is 13.3. The highest BCUT2D eigenvalue weighted by atomic mass is 16.5. The average Bonchev–Trinajstić information content (AvgIpc) is 3.08. The number of ether oxygens (including phenoxy) is 1. The van der Waals surface area contributed by atoms with Crippen LogP contribution in [0.2, 0.25) is 0 Å². The third-order valence-electron chi connectivity index (χ3n) is 10.2. The van der Waals surface area contributed by atoms with Crippen molar-refractivity contribution in [1.82, 2.24) is 0 Å². The smallest absolute Gasteiger partial charge is 0.302 e. The number of hydrogen-bond donors (Lipinski definition) is 0. The summed E-state index contributed by atoms with van der Waals surface area (Å²) in [6.07, 6.45) is 17.2. The third kappa shape index (κ3) is 4.05. The van der Waals surface area contributed by atoms with Gasteiger partial charge in [0.15, 0.2) is 0 Å². The molecule has 4 aliphatic rings. The maximum absolute atomic E-state index is 11.5. The van der Waals surface area contributed by atoms with Crippen molar-refractivity contribution in [3.8, 4) is 0 Å². The van der Waals surface area contributed by atoms with Crippen molar-refractivity contribution in [2.75, 3.05) is 0 Å². The van der Waals surface area contributed by atoms with E-state index in [1.807, 2.05) is 0 Å². The summed E-state index contributed by atoms with van der Waals surface area (Å²) in [4.78, 5) is 11.5. The first-order chi connectivity index (χ1) is 15.1. The predicted octanol–water partition coefficient (Wildman–Crippen LogP) is 8.05. The van der Waals surface area contributed by atoms with E-state index in [-0.39, 0.29) is 17.5 Å². The minimum absolute atomic E-state index is 0.0829. The molecule has 0 aliphatic heterocycles. The van der Waals surface area contributed by atoms with E-state index in [1.54, 1.807) is 23.6 Å². The lowest BCUT2D eigenvalue weighted by Crippen LogP contribution is -2.42. The molecular weight excluding hydrogens is 392 g/mol. The van der Waals surface area contributed by atoms with Gasteiger partial charge in [-0.1, -0.05) is 76.5 Å². The Kier molecular flexibility index (Phi) is 6.56. The molecule has 2 nitrogen and oxygen atoms in total. The van der Waals surface area contributed by atoms with E-state index in [4.69, 9.17) is 4.74 Å². The molecule has 7 atom stereocenters. The maximum Gasteiger partial charge on any atom is 0.302 e. The minimum atomic E-state index is -0.133. The SMILES string of the molecule is CC(=O)O[C@@H]1CC[C@@]2(C)C(=CCC3=C2CC[C@]2(C)[C@@H]([C@@H](C)C=C[C@H](C)C(C)C)CC[C@@H]32)C1. The van der Waals surface area contributed by atoms with E-state index in [2.05, 4.69) is 59.8 Å². The van der Waals surface area contributed by atoms with Crippen LogP contribution >= 0.6 is 0 Å². The molecule has 0 spiro atoms. The van der Waals surface area contributed by atoms with Gasteiger partial charge in [-0.05, 0) is 80.0 Å². The maximum atomic E-state index is 11.5. The predicted molar refractivity (Wildman–Crippen MR) is 133 cm³/mol. The number of carbonyl (C=O) groups is 1. The van der Waals surface area contributed by atoms with Crippen molar-refractivity contribution < 1.29 is 9.53 Å². The summed E-state index contributed by atoms with van der Waals surface area (Å²) in [5, 5.41) is 0. The minimum Gasteiger partial charge on any atom is -0.462 e. The van der Waals surface area contributed by atoms with Crippen molar-refractivity contribution in [1.29, 1.82) is 0 Å². The number of fused-ring (bicyclic) bond motifs is 4. The van der Waals surface area contributed by atoms with E-state index < -0.39 is 0 Å². The lowest BCUT2D eigenvalue weighted by atomic mass is 9.53. The summed E-state index contributed by atoms with van der Waals surface area (Å²) in [7, 11) is 0. The summed E-state index contributed by atoms with van der Waals surface area (Å²) < 4.78 is 5.60. The van der Waals surface area contributed by atoms with E-state index in [1.165, 1.54) is 25.7 Å². The Hall–Kier alpha value is -1.31. The topological polar surface area (TPSA) is 26.3 Å². The number of carbonyl (C=O) groups excluding carboxylic acids is 1. The molecule has 0 saturated heterocycles. The molecule has 2 saturated carbocycles. The van der Waals surface area contributed by atoms with Gasteiger partial charge in [0.1, 0.15) is 6.10 Å². The van der Waals surface area contributed by atoms with Gasteiger partial charge in [0.25, 0.3) is 0 Å². The van der Waals surface area contributed by atoms with Gasteiger partial charge >= 0.3 is 5.97 Å². The standard InChI is InChI=1S/C30H46O2/c1-19(2)20(3)8-9-21(4)26-12-13-27-25-11-10-23-18-24(32-22(5)31)14-16-29(23,6)28(25)15-17-30(26,27)7/h8-10,19-21,24,26-27H,11-18H2,1-7H3/t20-,21-,24+,26+,27-,29-,30+/m0/s1. The van der Waals surface area contributed by atoms with Gasteiger partial charge in [-0.3, -0.25) is 4.79 Å². The van der Waals surface area contributed by atoms with Crippen LogP contribution in [0.4, 0.5) is 0 Å². The number of rotatable bonds is 5. The second kappa shape index (κ2) is 8.80. The van der Waals surface area contributed by atoms with Crippen LogP contribution in [0.15, 0.2) is 34.9 Å². The fourth-order valence-electron chi connectivity index (χ4n) is 7.83. The second-order valence-corrected chi connectivity index (χ2v) is 12.3. The van der Waals surface area contributed by atoms with Crippen molar-refractivity contribution >= 4 is 5.97 Å². The molecule has 32 heavy (non-hydrogen) atoms. The zero-order valence-corrected chi connectivity index (χ0v) is 21.7. The fourth-order valence-corrected chi connectivity index (χ4v) is 7.83. The van der Waals surface area contributed by atoms with Crippen LogP contribution in [0.3, 0.4) is 0 Å². The van der Waals surface area contributed by atoms with E-state index >= 15 is 0 Å².